The van der Waals surface area contributed by atoms with Gasteiger partial charge in [0.1, 0.15) is 12.1 Å². The van der Waals surface area contributed by atoms with Crippen LogP contribution >= 0.6 is 0 Å². The number of pyridine rings is 1. The predicted molar refractivity (Wildman–Crippen MR) is 114 cm³/mol. The molecule has 2 rings (SSSR count). The number of rotatable bonds is 10. The lowest BCUT2D eigenvalue weighted by molar-refractivity contribution is -0.873. The molecular weight excluding hydrogens is 400 g/mol. The summed E-state index contributed by atoms with van der Waals surface area (Å²) in [6.45, 7) is 6.26. The molecular formula is C23H38N2O6+2. The molecule has 5 atom stereocenters. The van der Waals surface area contributed by atoms with Crippen molar-refractivity contribution >= 4 is 11.9 Å². The highest BCUT2D eigenvalue weighted by Gasteiger charge is 2.51. The highest BCUT2D eigenvalue weighted by Crippen LogP contribution is 2.35. The Labute approximate surface area is 185 Å². The number of carbonyl (C=O) groups excluding carboxylic acids is 2. The van der Waals surface area contributed by atoms with Crippen LogP contribution in [-0.2, 0) is 19.0 Å². The summed E-state index contributed by atoms with van der Waals surface area (Å²) in [6, 6.07) is 3.44. The summed E-state index contributed by atoms with van der Waals surface area (Å²) >= 11 is 0. The average Bonchev–Trinajstić information content (AvgIpc) is 3.09. The van der Waals surface area contributed by atoms with Gasteiger partial charge < -0.3 is 23.8 Å². The Hall–Kier alpha value is -2.03. The van der Waals surface area contributed by atoms with E-state index in [1.165, 1.54) is 0 Å². The topological polar surface area (TPSA) is 85.9 Å². The summed E-state index contributed by atoms with van der Waals surface area (Å²) in [6.07, 6.45) is 3.29. The maximum atomic E-state index is 12.8. The molecule has 174 valence electrons. The smallest absolute Gasteiger partial charge is 0.344 e. The number of hydrogen-bond donors (Lipinski definition) is 1. The Kier molecular flexibility index (Phi) is 8.97. The molecule has 1 aliphatic heterocycles. The van der Waals surface area contributed by atoms with Gasteiger partial charge in [0.25, 0.3) is 0 Å². The summed E-state index contributed by atoms with van der Waals surface area (Å²) < 4.78 is 19.9. The molecule has 1 aliphatic rings. The van der Waals surface area contributed by atoms with Crippen LogP contribution < -0.4 is 4.57 Å². The Morgan fingerprint density at radius 1 is 1.26 bits per heavy atom. The minimum Gasteiger partial charge on any atom is -0.453 e. The predicted octanol–water partition coefficient (Wildman–Crippen LogP) is 1.85. The molecule has 0 radical (unpaired) electrons. The minimum absolute atomic E-state index is 0.136. The van der Waals surface area contributed by atoms with Gasteiger partial charge >= 0.3 is 18.2 Å². The van der Waals surface area contributed by atoms with E-state index in [9.17, 15) is 14.7 Å². The highest BCUT2D eigenvalue weighted by atomic mass is 16.6. The summed E-state index contributed by atoms with van der Waals surface area (Å²) in [7, 11) is 6.18. The molecule has 2 heterocycles. The number of carbonyl (C=O) groups is 2. The Morgan fingerprint density at radius 2 is 1.97 bits per heavy atom. The molecule has 0 aromatic carbocycles. The summed E-state index contributed by atoms with van der Waals surface area (Å²) in [4.78, 5) is 24.8. The van der Waals surface area contributed by atoms with Crippen molar-refractivity contribution in [3.63, 3.8) is 0 Å². The van der Waals surface area contributed by atoms with Gasteiger partial charge in [0.2, 0.25) is 0 Å². The number of nitrogens with zero attached hydrogens (tertiary/aromatic N) is 2. The van der Waals surface area contributed by atoms with E-state index in [0.717, 1.165) is 6.42 Å². The van der Waals surface area contributed by atoms with Gasteiger partial charge in [0.15, 0.2) is 24.6 Å². The van der Waals surface area contributed by atoms with Gasteiger partial charge in [-0.05, 0) is 18.9 Å². The van der Waals surface area contributed by atoms with E-state index in [2.05, 4.69) is 21.1 Å². The van der Waals surface area contributed by atoms with Crippen LogP contribution in [0.15, 0.2) is 24.5 Å². The number of esters is 2. The second-order valence-corrected chi connectivity index (χ2v) is 9.08. The summed E-state index contributed by atoms with van der Waals surface area (Å²) in [5.74, 6) is -0.860. The van der Waals surface area contributed by atoms with E-state index in [-0.39, 0.29) is 31.0 Å². The van der Waals surface area contributed by atoms with E-state index < -0.39 is 24.4 Å². The van der Waals surface area contributed by atoms with Crippen LogP contribution in [0.25, 0.3) is 0 Å². The van der Waals surface area contributed by atoms with Crippen molar-refractivity contribution in [1.29, 1.82) is 0 Å². The van der Waals surface area contributed by atoms with Crippen molar-refractivity contribution < 1.29 is 38.0 Å². The number of aromatic nitrogens is 1. The van der Waals surface area contributed by atoms with Crippen LogP contribution in [0.5, 0.6) is 0 Å². The molecule has 0 unspecified atom stereocenters. The van der Waals surface area contributed by atoms with Crippen LogP contribution in [0.4, 0.5) is 0 Å². The van der Waals surface area contributed by atoms with Gasteiger partial charge in [-0.1, -0.05) is 20.8 Å². The van der Waals surface area contributed by atoms with Gasteiger partial charge in [-0.2, -0.15) is 4.57 Å². The van der Waals surface area contributed by atoms with Crippen molar-refractivity contribution in [2.24, 2.45) is 5.92 Å². The molecule has 0 spiro atoms. The molecule has 0 amide bonds. The molecule has 0 aliphatic carbocycles. The molecule has 1 aromatic rings. The highest BCUT2D eigenvalue weighted by molar-refractivity contribution is 5.88. The van der Waals surface area contributed by atoms with Crippen molar-refractivity contribution in [2.75, 3.05) is 34.3 Å². The molecule has 1 fully saturated rings. The van der Waals surface area contributed by atoms with Crippen LogP contribution in [0.1, 0.15) is 56.6 Å². The third-order valence-corrected chi connectivity index (χ3v) is 5.53. The molecule has 1 aromatic heterocycles. The number of ether oxygens (including phenoxy) is 3. The van der Waals surface area contributed by atoms with Crippen molar-refractivity contribution in [3.8, 4) is 0 Å². The largest absolute Gasteiger partial charge is 0.453 e. The van der Waals surface area contributed by atoms with E-state index in [0.29, 0.717) is 23.0 Å². The zero-order chi connectivity index (χ0) is 23.2. The van der Waals surface area contributed by atoms with Gasteiger partial charge in [-0.25, -0.2) is 4.79 Å². The minimum atomic E-state index is -0.626. The maximum absolute atomic E-state index is 12.8. The summed E-state index contributed by atoms with van der Waals surface area (Å²) in [5.41, 5.74) is 0.395. The third kappa shape index (κ3) is 6.72. The lowest BCUT2D eigenvalue weighted by atomic mass is 9.95. The zero-order valence-electron chi connectivity index (χ0n) is 19.6. The molecule has 8 heteroatoms. The van der Waals surface area contributed by atoms with Crippen LogP contribution in [0.2, 0.25) is 0 Å². The van der Waals surface area contributed by atoms with Crippen LogP contribution in [0.3, 0.4) is 0 Å². The fourth-order valence-electron chi connectivity index (χ4n) is 3.93. The normalized spacial score (nSPS) is 24.6. The third-order valence-electron chi connectivity index (χ3n) is 5.53. The van der Waals surface area contributed by atoms with Gasteiger partial charge in [0.05, 0.1) is 33.9 Å². The first-order valence-corrected chi connectivity index (χ1v) is 11.1. The standard InChI is InChI=1S/C23H38N2O6/c1-7-17(14-25(4,5)6)29-23(28)16-11-10-12-24(13-16)22-21(31-20(27)9-3)18(8-2)19(15-26)30-22/h10-13,17-19,21-22,26H,7-9,14-15H2,1-6H3/q+2/t17-,18-,19-,21-,22-/m1/s1. The first-order valence-electron chi connectivity index (χ1n) is 11.1. The van der Waals surface area contributed by atoms with Gasteiger partial charge in [-0.15, -0.1) is 0 Å². The second-order valence-electron chi connectivity index (χ2n) is 9.08. The Balaban J connectivity index is 2.25. The van der Waals surface area contributed by atoms with Gasteiger partial charge in [-0.3, -0.25) is 4.79 Å². The molecule has 1 saturated heterocycles. The molecule has 0 bridgehead atoms. The van der Waals surface area contributed by atoms with E-state index in [4.69, 9.17) is 14.2 Å². The zero-order valence-corrected chi connectivity index (χ0v) is 19.6. The van der Waals surface area contributed by atoms with E-state index in [1.54, 1.807) is 36.0 Å². The first kappa shape index (κ1) is 25.2. The Morgan fingerprint density at radius 3 is 2.52 bits per heavy atom. The monoisotopic (exact) mass is 438 g/mol. The SMILES string of the molecule is CCC(=O)O[C@@H]1[C@H](CC)[C@@H](CO)O[C@H]1[n+]1cccc(C(=O)O[C@H](CC)C[N+](C)(C)C)c1. The summed E-state index contributed by atoms with van der Waals surface area (Å²) in [5, 5.41) is 9.75. The Bertz CT molecular complexity index is 748. The van der Waals surface area contributed by atoms with Crippen molar-refractivity contribution in [1.82, 2.24) is 0 Å². The fraction of sp³-hybridized carbons (Fsp3) is 0.696. The molecule has 1 N–H and O–H groups in total. The molecule has 8 nitrogen and oxygen atoms in total. The van der Waals surface area contributed by atoms with E-state index in [1.807, 2.05) is 13.8 Å². The van der Waals surface area contributed by atoms with Crippen LogP contribution in [-0.4, -0.2) is 74.1 Å². The quantitative estimate of drug-likeness (QED) is 0.341. The number of aliphatic hydroxyl groups excluding tert-OH is 1. The lowest BCUT2D eigenvalue weighted by Crippen LogP contribution is -2.47. The molecule has 0 saturated carbocycles. The lowest BCUT2D eigenvalue weighted by Gasteiger charge is -2.28. The van der Waals surface area contributed by atoms with E-state index >= 15 is 0 Å². The number of aliphatic hydroxyl groups is 1. The van der Waals surface area contributed by atoms with Gasteiger partial charge in [0, 0.05) is 18.4 Å². The molecule has 31 heavy (non-hydrogen) atoms. The second kappa shape index (κ2) is 11.0. The van der Waals surface area contributed by atoms with Crippen molar-refractivity contribution in [3.05, 3.63) is 30.1 Å². The maximum Gasteiger partial charge on any atom is 0.344 e. The average molecular weight is 439 g/mol. The van der Waals surface area contributed by atoms with Crippen molar-refractivity contribution in [2.45, 2.75) is 64.6 Å². The number of quaternary nitrogens is 1. The van der Waals surface area contributed by atoms with Crippen LogP contribution in [0, 0.1) is 5.92 Å². The first-order chi connectivity index (χ1) is 14.6. The fourth-order valence-corrected chi connectivity index (χ4v) is 3.93. The number of likely N-dealkylation sites (N-methyl/N-ethyl adjacent to an activating group) is 1. The number of hydrogen-bond acceptors (Lipinski definition) is 6.